The van der Waals surface area contributed by atoms with Crippen molar-refractivity contribution in [3.63, 3.8) is 0 Å². The van der Waals surface area contributed by atoms with E-state index >= 15 is 0 Å². The maximum atomic E-state index is 5.41. The molecule has 0 radical (unpaired) electrons. The summed E-state index contributed by atoms with van der Waals surface area (Å²) in [4.78, 5) is 3.92. The van der Waals surface area contributed by atoms with Crippen LogP contribution >= 0.6 is 0 Å². The molecule has 0 saturated heterocycles. The van der Waals surface area contributed by atoms with E-state index in [2.05, 4.69) is 18.8 Å². The first-order chi connectivity index (χ1) is 5.24. The maximum Gasteiger partial charge on any atom is 0.0277 e. The first-order valence-corrected chi connectivity index (χ1v) is 4.07. The Morgan fingerprint density at radius 1 is 1.64 bits per heavy atom. The predicted molar refractivity (Wildman–Crippen MR) is 50.8 cm³/mol. The highest BCUT2D eigenvalue weighted by molar-refractivity contribution is 5.78. The van der Waals surface area contributed by atoms with Gasteiger partial charge in [-0.2, -0.15) is 0 Å². The minimum absolute atomic E-state index is 0.697. The lowest BCUT2D eigenvalue weighted by atomic mass is 10.0. The summed E-state index contributed by atoms with van der Waals surface area (Å²) in [6.07, 6.45) is 5.69. The van der Waals surface area contributed by atoms with Crippen molar-refractivity contribution < 1.29 is 0 Å². The highest BCUT2D eigenvalue weighted by atomic mass is 14.6. The van der Waals surface area contributed by atoms with Crippen molar-refractivity contribution in [2.45, 2.75) is 26.7 Å². The summed E-state index contributed by atoms with van der Waals surface area (Å²) >= 11 is 0. The molecule has 0 rings (SSSR count). The van der Waals surface area contributed by atoms with Gasteiger partial charge in [0.1, 0.15) is 0 Å². The molecule has 0 aromatic heterocycles. The van der Waals surface area contributed by atoms with Gasteiger partial charge in [0.25, 0.3) is 0 Å². The van der Waals surface area contributed by atoms with E-state index in [0.29, 0.717) is 5.92 Å². The molecule has 0 amide bonds. The van der Waals surface area contributed by atoms with Gasteiger partial charge in [-0.05, 0) is 24.1 Å². The molecule has 0 aromatic carbocycles. The van der Waals surface area contributed by atoms with Crippen LogP contribution in [-0.4, -0.2) is 13.3 Å². The number of hydrogen-bond donors (Lipinski definition) is 1. The summed E-state index contributed by atoms with van der Waals surface area (Å²) in [5.41, 5.74) is 6.54. The van der Waals surface area contributed by atoms with E-state index in [0.717, 1.165) is 12.0 Å². The molecule has 0 heterocycles. The third kappa shape index (κ3) is 4.59. The van der Waals surface area contributed by atoms with Crippen LogP contribution in [0.25, 0.3) is 0 Å². The molecular formula is C9H18N2. The van der Waals surface area contributed by atoms with E-state index in [1.807, 2.05) is 6.21 Å². The minimum Gasteiger partial charge on any atom is -0.404 e. The second-order valence-electron chi connectivity index (χ2n) is 2.85. The van der Waals surface area contributed by atoms with Crippen LogP contribution in [-0.2, 0) is 0 Å². The van der Waals surface area contributed by atoms with E-state index in [9.17, 15) is 0 Å². The van der Waals surface area contributed by atoms with E-state index in [4.69, 9.17) is 5.73 Å². The molecule has 2 N–H and O–H groups in total. The smallest absolute Gasteiger partial charge is 0.0277 e. The summed E-state index contributed by atoms with van der Waals surface area (Å²) in [6, 6.07) is 0. The summed E-state index contributed by atoms with van der Waals surface area (Å²) in [5.74, 6) is 0.697. The van der Waals surface area contributed by atoms with Crippen molar-refractivity contribution >= 4 is 6.21 Å². The molecule has 0 aromatic rings. The van der Waals surface area contributed by atoms with Crippen LogP contribution < -0.4 is 5.73 Å². The first kappa shape index (κ1) is 10.2. The molecule has 0 bridgehead atoms. The summed E-state index contributed by atoms with van der Waals surface area (Å²) in [7, 11) is 1.76. The van der Waals surface area contributed by atoms with E-state index in [1.165, 1.54) is 6.42 Å². The van der Waals surface area contributed by atoms with Gasteiger partial charge in [0.2, 0.25) is 0 Å². The van der Waals surface area contributed by atoms with Crippen LogP contribution in [0.1, 0.15) is 26.7 Å². The molecule has 64 valence electrons. The average molecular weight is 154 g/mol. The van der Waals surface area contributed by atoms with E-state index in [-0.39, 0.29) is 0 Å². The number of nitrogens with zero attached hydrogens (tertiary/aromatic N) is 1. The van der Waals surface area contributed by atoms with Crippen molar-refractivity contribution in [1.82, 2.24) is 0 Å². The number of aliphatic imine (C=N–C) groups is 1. The Kier molecular flexibility index (Phi) is 5.53. The SMILES string of the molecule is CCC(C)CC(C=NC)=CN. The molecule has 0 fully saturated rings. The van der Waals surface area contributed by atoms with E-state index < -0.39 is 0 Å². The number of rotatable bonds is 4. The molecule has 0 spiro atoms. The fourth-order valence-corrected chi connectivity index (χ4v) is 0.876. The summed E-state index contributed by atoms with van der Waals surface area (Å²) < 4.78 is 0. The fraction of sp³-hybridized carbons (Fsp3) is 0.667. The lowest BCUT2D eigenvalue weighted by Gasteiger charge is -2.07. The van der Waals surface area contributed by atoms with Gasteiger partial charge >= 0.3 is 0 Å². The highest BCUT2D eigenvalue weighted by Gasteiger charge is 2.00. The molecule has 2 heteroatoms. The van der Waals surface area contributed by atoms with Crippen molar-refractivity contribution in [2.24, 2.45) is 16.6 Å². The zero-order chi connectivity index (χ0) is 8.69. The summed E-state index contributed by atoms with van der Waals surface area (Å²) in [5, 5.41) is 0. The second kappa shape index (κ2) is 5.96. The van der Waals surface area contributed by atoms with Crippen LogP contribution in [0.3, 0.4) is 0 Å². The fourth-order valence-electron chi connectivity index (χ4n) is 0.876. The monoisotopic (exact) mass is 154 g/mol. The normalized spacial score (nSPS) is 15.7. The lowest BCUT2D eigenvalue weighted by molar-refractivity contribution is 0.565. The van der Waals surface area contributed by atoms with Gasteiger partial charge in [0.05, 0.1) is 0 Å². The Hall–Kier alpha value is -0.790. The average Bonchev–Trinajstić information content (AvgIpc) is 2.03. The molecule has 1 unspecified atom stereocenters. The van der Waals surface area contributed by atoms with Gasteiger partial charge in [-0.15, -0.1) is 0 Å². The number of allylic oxidation sites excluding steroid dienone is 1. The van der Waals surface area contributed by atoms with Crippen LogP contribution in [0, 0.1) is 5.92 Å². The van der Waals surface area contributed by atoms with Gasteiger partial charge in [-0.3, -0.25) is 4.99 Å². The highest BCUT2D eigenvalue weighted by Crippen LogP contribution is 2.11. The van der Waals surface area contributed by atoms with Crippen molar-refractivity contribution in [3.05, 3.63) is 11.8 Å². The number of nitrogens with two attached hydrogens (primary N) is 1. The first-order valence-electron chi connectivity index (χ1n) is 4.07. The van der Waals surface area contributed by atoms with Crippen LogP contribution in [0.2, 0.25) is 0 Å². The zero-order valence-electron chi connectivity index (χ0n) is 7.67. The zero-order valence-corrected chi connectivity index (χ0v) is 7.67. The third-order valence-electron chi connectivity index (χ3n) is 1.79. The largest absolute Gasteiger partial charge is 0.404 e. The van der Waals surface area contributed by atoms with Crippen molar-refractivity contribution in [3.8, 4) is 0 Å². The standard InChI is InChI=1S/C9H18N2/c1-4-8(2)5-9(6-10)7-11-3/h6-8H,4-5,10H2,1-3H3. The quantitative estimate of drug-likeness (QED) is 0.618. The Labute approximate surface area is 69.2 Å². The lowest BCUT2D eigenvalue weighted by Crippen LogP contribution is -1.98. The van der Waals surface area contributed by atoms with Gasteiger partial charge in [-0.25, -0.2) is 0 Å². The Bertz CT molecular complexity index is 148. The van der Waals surface area contributed by atoms with Crippen LogP contribution in [0.15, 0.2) is 16.8 Å². The third-order valence-corrected chi connectivity index (χ3v) is 1.79. The molecule has 2 nitrogen and oxygen atoms in total. The molecule has 0 aliphatic heterocycles. The van der Waals surface area contributed by atoms with Gasteiger partial charge < -0.3 is 5.73 Å². The van der Waals surface area contributed by atoms with E-state index in [1.54, 1.807) is 13.2 Å². The molecule has 0 aliphatic carbocycles. The van der Waals surface area contributed by atoms with Crippen molar-refractivity contribution in [1.29, 1.82) is 0 Å². The molecule has 0 aliphatic rings. The molecule has 11 heavy (non-hydrogen) atoms. The number of hydrogen-bond acceptors (Lipinski definition) is 2. The second-order valence-corrected chi connectivity index (χ2v) is 2.85. The van der Waals surface area contributed by atoms with Crippen LogP contribution in [0.5, 0.6) is 0 Å². The van der Waals surface area contributed by atoms with Crippen molar-refractivity contribution in [2.75, 3.05) is 7.05 Å². The molecule has 0 saturated carbocycles. The van der Waals surface area contributed by atoms with Crippen LogP contribution in [0.4, 0.5) is 0 Å². The predicted octanol–water partition coefficient (Wildman–Crippen LogP) is 1.97. The Morgan fingerprint density at radius 2 is 2.27 bits per heavy atom. The maximum absolute atomic E-state index is 5.41. The minimum atomic E-state index is 0.697. The molecular weight excluding hydrogens is 136 g/mol. The Balaban J connectivity index is 3.89. The summed E-state index contributed by atoms with van der Waals surface area (Å²) in [6.45, 7) is 4.40. The van der Waals surface area contributed by atoms with Gasteiger partial charge in [-0.1, -0.05) is 20.3 Å². The van der Waals surface area contributed by atoms with Gasteiger partial charge in [0.15, 0.2) is 0 Å². The topological polar surface area (TPSA) is 38.4 Å². The van der Waals surface area contributed by atoms with Gasteiger partial charge in [0, 0.05) is 13.3 Å². The molecule has 1 atom stereocenters. The Morgan fingerprint density at radius 3 is 2.64 bits per heavy atom.